The zero-order valence-electron chi connectivity index (χ0n) is 58.9. The lowest BCUT2D eigenvalue weighted by Gasteiger charge is -2.23. The molecule has 0 spiro atoms. The van der Waals surface area contributed by atoms with E-state index in [2.05, 4.69) is 62.5 Å². The van der Waals surface area contributed by atoms with Gasteiger partial charge in [0.15, 0.2) is 11.9 Å². The molecule has 6 amide bonds. The number of aromatic hydroxyl groups is 2. The molecular weight excluding hydrogens is 1440 g/mol. The van der Waals surface area contributed by atoms with E-state index in [1.165, 1.54) is 24.3 Å². The molecule has 0 aliphatic heterocycles. The third-order valence-electron chi connectivity index (χ3n) is 16.2. The van der Waals surface area contributed by atoms with E-state index in [-0.39, 0.29) is 98.9 Å². The molecule has 0 radical (unpaired) electrons. The highest BCUT2D eigenvalue weighted by Crippen LogP contribution is 2.28. The molecule has 2 heterocycles. The van der Waals surface area contributed by atoms with Crippen LogP contribution >= 0.6 is 0 Å². The Bertz CT molecular complexity index is 4160. The zero-order valence-corrected chi connectivity index (χ0v) is 58.9. The fraction of sp³-hybridized carbons (Fsp3) is 0.263. The summed E-state index contributed by atoms with van der Waals surface area (Å²) in [4.78, 5) is 107. The molecule has 0 saturated heterocycles. The summed E-state index contributed by atoms with van der Waals surface area (Å²) in [5, 5.41) is 68.5. The largest absolute Gasteiger partial charge is 0.508 e. The number of guanidine groups is 2. The van der Waals surface area contributed by atoms with Crippen molar-refractivity contribution < 1.29 is 85.1 Å². The molecule has 0 bridgehead atoms. The van der Waals surface area contributed by atoms with Crippen LogP contribution in [-0.2, 0) is 64.5 Å². The minimum atomic E-state index is -5.08. The summed E-state index contributed by atoms with van der Waals surface area (Å²) >= 11 is 0. The first-order chi connectivity index (χ1) is 52.6. The minimum absolute atomic E-state index is 0.0679. The highest BCUT2D eigenvalue weighted by molar-refractivity contribution is 5.95. The van der Waals surface area contributed by atoms with Gasteiger partial charge in [0, 0.05) is 63.2 Å². The summed E-state index contributed by atoms with van der Waals surface area (Å²) < 4.78 is 66.8. The van der Waals surface area contributed by atoms with E-state index in [0.29, 0.717) is 50.2 Å². The van der Waals surface area contributed by atoms with Crippen molar-refractivity contribution in [2.24, 2.45) is 21.5 Å². The van der Waals surface area contributed by atoms with Gasteiger partial charge in [0.05, 0.1) is 24.2 Å². The van der Waals surface area contributed by atoms with Crippen LogP contribution in [0.4, 0.5) is 26.3 Å². The van der Waals surface area contributed by atoms with Gasteiger partial charge in [0.2, 0.25) is 35.4 Å². The van der Waals surface area contributed by atoms with E-state index in [4.69, 9.17) is 31.3 Å². The van der Waals surface area contributed by atoms with Crippen LogP contribution in [0.15, 0.2) is 217 Å². The number of halogens is 6. The Kier molecular flexibility index (Phi) is 32.2. The molecule has 9 rings (SSSR count). The predicted molar refractivity (Wildman–Crippen MR) is 391 cm³/mol. The molecule has 0 aliphatic rings. The first-order valence-corrected chi connectivity index (χ1v) is 34.2. The molecule has 0 saturated carbocycles. The second-order valence-electron chi connectivity index (χ2n) is 24.4. The summed E-state index contributed by atoms with van der Waals surface area (Å²) in [6.45, 7) is 1.69. The Morgan fingerprint density at radius 3 is 1.01 bits per heavy atom. The van der Waals surface area contributed by atoms with Crippen molar-refractivity contribution >= 4 is 59.3 Å². The average molecular weight is 1520 g/mol. The molecule has 9 aromatic rings. The van der Waals surface area contributed by atoms with Crippen LogP contribution in [0.25, 0.3) is 22.5 Å². The lowest BCUT2D eigenvalue weighted by molar-refractivity contribution is -0.193. The van der Waals surface area contributed by atoms with Crippen molar-refractivity contribution in [2.45, 2.75) is 114 Å². The Morgan fingerprint density at radius 1 is 0.418 bits per heavy atom. The first-order valence-electron chi connectivity index (χ1n) is 34.2. The average Bonchev–Trinajstić information content (AvgIpc) is 1.41. The number of phenols is 2. The van der Waals surface area contributed by atoms with Crippen LogP contribution in [-0.4, -0.2) is 147 Å². The number of nitrogens with one attached hydrogen (secondary N) is 6. The Balaban J connectivity index is 0.00000109. The number of aliphatic carboxylic acids is 2. The van der Waals surface area contributed by atoms with Gasteiger partial charge in [-0.15, -0.1) is 10.2 Å². The number of hydrogen-bond donors (Lipinski definition) is 12. The number of aromatic nitrogens is 6. The van der Waals surface area contributed by atoms with Crippen molar-refractivity contribution in [3.05, 3.63) is 240 Å². The number of aryl methyl sites for hydroxylation is 2. The van der Waals surface area contributed by atoms with Crippen LogP contribution in [0, 0.1) is 0 Å². The number of carbonyl (C=O) groups excluding carboxylic acids is 6. The Hall–Kier alpha value is -13.3. The molecular formula is C76H80F6N16O12. The number of carboxylic acid groups (broad SMARTS) is 2. The Morgan fingerprint density at radius 2 is 0.718 bits per heavy atom. The fourth-order valence-electron chi connectivity index (χ4n) is 10.7. The number of aliphatic imine (C=N–C) groups is 2. The van der Waals surface area contributed by atoms with Gasteiger partial charge < -0.3 is 63.8 Å². The number of nitrogens with zero attached hydrogens (tertiary/aromatic N) is 8. The van der Waals surface area contributed by atoms with E-state index in [1.54, 1.807) is 46.0 Å². The highest BCUT2D eigenvalue weighted by Gasteiger charge is 2.39. The van der Waals surface area contributed by atoms with Crippen LogP contribution in [0.2, 0.25) is 0 Å². The number of hydrogen-bond acceptors (Lipinski definition) is 14. The molecule has 110 heavy (non-hydrogen) atoms. The third-order valence-corrected chi connectivity index (χ3v) is 16.2. The number of carbonyl (C=O) groups is 8. The number of benzene rings is 7. The zero-order chi connectivity index (χ0) is 79.6. The summed E-state index contributed by atoms with van der Waals surface area (Å²) in [6, 6.07) is 56.1. The van der Waals surface area contributed by atoms with Gasteiger partial charge in [0.25, 0.3) is 0 Å². The molecule has 578 valence electrons. The first kappa shape index (κ1) is 84.0. The topological polar surface area (TPSA) is 428 Å². The standard InChI is InChI=1S/C72H78N16O8.2C2HF3O2/c73-71(75-41-13-25-59(67(93)77-45-49-29-37-57(89)38-30-49)79-69(95)65(53-17-5-1-6-18-53)54-19-7-2-8-20-54)81-63(91)27-15-43-87-47-61(83-85-87)51-33-35-52(36-34-51)62-48-88(86-84-62)44-16-28-64(92)82-72(74)76-42-14-26-60(68(94)78-46-50-31-39-58(90)40-32-50)80-70(96)66(55-21-9-3-10-22-55)56-23-11-4-12-24-56;2*3-2(4,5)1(6)7/h1-12,17-24,29-40,47-48,59-60,65-66,89-90H,13-16,25-28,41-46H2,(H,77,93)(H,78,94)(H,79,95)(H,80,96)(H3,73,75,81,91)(H3,74,76,82,92);2*(H,6,7)/t59-,60-;;/m1../s1. The van der Waals surface area contributed by atoms with E-state index < -0.39 is 60.0 Å². The molecule has 0 unspecified atom stereocenters. The van der Waals surface area contributed by atoms with Gasteiger partial charge in [-0.05, 0) is 96.2 Å². The normalized spacial score (nSPS) is 12.0. The maximum atomic E-state index is 14.0. The maximum absolute atomic E-state index is 14.0. The molecule has 0 fully saturated rings. The monoisotopic (exact) mass is 1520 g/mol. The van der Waals surface area contributed by atoms with E-state index >= 15 is 0 Å². The van der Waals surface area contributed by atoms with Gasteiger partial charge in [-0.1, -0.05) is 180 Å². The van der Waals surface area contributed by atoms with Crippen molar-refractivity contribution in [3.8, 4) is 34.0 Å². The van der Waals surface area contributed by atoms with Crippen molar-refractivity contribution in [1.82, 2.24) is 61.9 Å². The number of alkyl halides is 6. The van der Waals surface area contributed by atoms with Gasteiger partial charge in [-0.3, -0.25) is 38.1 Å². The van der Waals surface area contributed by atoms with Crippen LogP contribution < -0.4 is 43.4 Å². The van der Waals surface area contributed by atoms with Gasteiger partial charge in [0.1, 0.15) is 35.0 Å². The summed E-state index contributed by atoms with van der Waals surface area (Å²) in [5.74, 6) is -9.07. The summed E-state index contributed by atoms with van der Waals surface area (Å²) in [5.41, 5.74) is 19.8. The van der Waals surface area contributed by atoms with Crippen molar-refractivity contribution in [2.75, 3.05) is 13.1 Å². The van der Waals surface area contributed by atoms with Crippen LogP contribution in [0.1, 0.15) is 96.6 Å². The number of carboxylic acids is 2. The van der Waals surface area contributed by atoms with E-state index in [0.717, 1.165) is 44.5 Å². The van der Waals surface area contributed by atoms with Crippen molar-refractivity contribution in [3.63, 3.8) is 0 Å². The van der Waals surface area contributed by atoms with Crippen molar-refractivity contribution in [1.29, 1.82) is 0 Å². The maximum Gasteiger partial charge on any atom is 0.490 e. The fourth-order valence-corrected chi connectivity index (χ4v) is 10.7. The molecule has 28 nitrogen and oxygen atoms in total. The lowest BCUT2D eigenvalue weighted by atomic mass is 9.90. The second-order valence-corrected chi connectivity index (χ2v) is 24.4. The SMILES string of the molecule is NC(=NC(=O)CCCn1cc(-c2ccc(-c3cn(CCCC(=O)N=C(N)NCCC[C@@H](NC(=O)C(c4ccccc4)c4ccccc4)C(=O)NCc4ccc(O)cc4)nn3)cc2)nn1)NCCC[C@@H](NC(=O)C(c1ccccc1)c1ccccc1)C(=O)NCc1ccc(O)cc1.O=C(O)C(F)(F)F.O=C(O)C(F)(F)F. The molecule has 2 atom stereocenters. The molecule has 34 heteroatoms. The quantitative estimate of drug-likeness (QED) is 0.00819. The Labute approximate surface area is 626 Å². The smallest absolute Gasteiger partial charge is 0.490 e. The third kappa shape index (κ3) is 28.5. The molecule has 0 aliphatic carbocycles. The van der Waals surface area contributed by atoms with Gasteiger partial charge in [-0.25, -0.2) is 9.59 Å². The van der Waals surface area contributed by atoms with E-state index in [1.807, 2.05) is 146 Å². The van der Waals surface area contributed by atoms with E-state index in [9.17, 15) is 65.3 Å². The van der Waals surface area contributed by atoms with Crippen LogP contribution in [0.5, 0.6) is 11.5 Å². The van der Waals surface area contributed by atoms with Crippen LogP contribution in [0.3, 0.4) is 0 Å². The second kappa shape index (κ2) is 42.1. The molecule has 7 aromatic carbocycles. The number of phenolic OH excluding ortho intramolecular Hbond substituents is 2. The van der Waals surface area contributed by atoms with Gasteiger partial charge >= 0.3 is 24.3 Å². The minimum Gasteiger partial charge on any atom is -0.508 e. The molecule has 2 aromatic heterocycles. The van der Waals surface area contributed by atoms with Gasteiger partial charge in [-0.2, -0.15) is 36.3 Å². The number of amides is 6. The molecule has 14 N–H and O–H groups in total. The predicted octanol–water partition coefficient (Wildman–Crippen LogP) is 8.13. The number of rotatable bonds is 32. The summed E-state index contributed by atoms with van der Waals surface area (Å²) in [6.07, 6.45) is -4.29. The number of nitrogens with two attached hydrogens (primary N) is 2. The summed E-state index contributed by atoms with van der Waals surface area (Å²) in [7, 11) is 0. The lowest BCUT2D eigenvalue weighted by Crippen LogP contribution is -2.48. The highest BCUT2D eigenvalue weighted by atomic mass is 19.4.